The fourth-order valence-electron chi connectivity index (χ4n) is 1.63. The summed E-state index contributed by atoms with van der Waals surface area (Å²) in [5, 5.41) is 5.55. The van der Waals surface area contributed by atoms with Gasteiger partial charge in [0.15, 0.2) is 0 Å². The van der Waals surface area contributed by atoms with Gasteiger partial charge >= 0.3 is 0 Å². The van der Waals surface area contributed by atoms with E-state index in [1.165, 1.54) is 15.0 Å². The average Bonchev–Trinajstić information content (AvgIpc) is 2.84. The first-order chi connectivity index (χ1) is 8.16. The van der Waals surface area contributed by atoms with Crippen molar-refractivity contribution < 1.29 is 0 Å². The van der Waals surface area contributed by atoms with Gasteiger partial charge in [0.2, 0.25) is 0 Å². The molecule has 0 saturated heterocycles. The molecule has 0 amide bonds. The summed E-state index contributed by atoms with van der Waals surface area (Å²) >= 11 is 5.23. The van der Waals surface area contributed by atoms with Crippen molar-refractivity contribution in [2.45, 2.75) is 26.9 Å². The molecule has 5 heteroatoms. The van der Waals surface area contributed by atoms with Crippen molar-refractivity contribution in [1.82, 2.24) is 14.9 Å². The summed E-state index contributed by atoms with van der Waals surface area (Å²) in [6, 6.07) is 2.16. The lowest BCUT2D eigenvalue weighted by Crippen LogP contribution is -2.19. The molecule has 17 heavy (non-hydrogen) atoms. The quantitative estimate of drug-likeness (QED) is 0.860. The first-order valence-corrected chi connectivity index (χ1v) is 7.26. The minimum atomic E-state index is 0.934. The van der Waals surface area contributed by atoms with E-state index in [1.54, 1.807) is 11.3 Å². The van der Waals surface area contributed by atoms with Gasteiger partial charge in [-0.2, -0.15) is 0 Å². The number of thiophene rings is 1. The van der Waals surface area contributed by atoms with E-state index < -0.39 is 0 Å². The Labute approximate surface area is 114 Å². The number of aromatic nitrogens is 2. The zero-order valence-corrected chi connectivity index (χ0v) is 12.4. The number of hydrogen-bond donors (Lipinski definition) is 1. The van der Waals surface area contributed by atoms with Crippen LogP contribution in [0.1, 0.15) is 16.3 Å². The van der Waals surface area contributed by atoms with Gasteiger partial charge in [-0.25, -0.2) is 4.98 Å². The molecule has 2 rings (SSSR count). The first kappa shape index (κ1) is 12.8. The average molecular weight is 314 g/mol. The van der Waals surface area contributed by atoms with Crippen molar-refractivity contribution in [3.8, 4) is 0 Å². The maximum Gasteiger partial charge on any atom is 0.0951 e. The minimum Gasteiger partial charge on any atom is -0.333 e. The maximum absolute atomic E-state index is 4.29. The minimum absolute atomic E-state index is 0.934. The third kappa shape index (κ3) is 3.40. The summed E-state index contributed by atoms with van der Waals surface area (Å²) in [6.07, 6.45) is 1.91. The van der Waals surface area contributed by atoms with E-state index in [-0.39, 0.29) is 0 Å². The molecule has 2 heterocycles. The third-order valence-corrected chi connectivity index (χ3v) is 4.49. The molecule has 0 saturated carbocycles. The molecule has 0 fully saturated rings. The molecule has 2 aromatic heterocycles. The molecular formula is C12H16BrN3S. The molecule has 0 aromatic carbocycles. The maximum atomic E-state index is 4.29. The van der Waals surface area contributed by atoms with E-state index in [4.69, 9.17) is 0 Å². The van der Waals surface area contributed by atoms with E-state index in [2.05, 4.69) is 49.2 Å². The molecule has 0 aliphatic heterocycles. The third-order valence-electron chi connectivity index (χ3n) is 2.80. The highest BCUT2D eigenvalue weighted by Gasteiger charge is 2.01. The molecule has 0 radical (unpaired) electrons. The van der Waals surface area contributed by atoms with Crippen LogP contribution in [0.25, 0.3) is 0 Å². The van der Waals surface area contributed by atoms with Gasteiger partial charge in [-0.15, -0.1) is 11.3 Å². The van der Waals surface area contributed by atoms with Crippen molar-refractivity contribution in [3.63, 3.8) is 0 Å². The Balaban J connectivity index is 1.75. The monoisotopic (exact) mass is 313 g/mol. The molecular weight excluding hydrogens is 298 g/mol. The fraction of sp³-hybridized carbons (Fsp3) is 0.417. The number of imidazole rings is 1. The van der Waals surface area contributed by atoms with Gasteiger partial charge in [0, 0.05) is 40.1 Å². The predicted octanol–water partition coefficient (Wildman–Crippen LogP) is 3.11. The van der Waals surface area contributed by atoms with Gasteiger partial charge in [-0.1, -0.05) is 0 Å². The Morgan fingerprint density at radius 3 is 2.88 bits per heavy atom. The molecule has 0 spiro atoms. The molecule has 92 valence electrons. The van der Waals surface area contributed by atoms with E-state index in [1.807, 2.05) is 13.3 Å². The Bertz CT molecular complexity index is 490. The summed E-state index contributed by atoms with van der Waals surface area (Å²) in [5.74, 6) is 0. The second-order valence-electron chi connectivity index (χ2n) is 4.02. The summed E-state index contributed by atoms with van der Waals surface area (Å²) in [7, 11) is 0. The summed E-state index contributed by atoms with van der Waals surface area (Å²) in [4.78, 5) is 5.64. The number of rotatable bonds is 5. The SMILES string of the molecule is Cc1ncn(CCNCc2cc(Br)cs2)c1C. The van der Waals surface area contributed by atoms with Crippen molar-refractivity contribution in [2.75, 3.05) is 6.54 Å². The van der Waals surface area contributed by atoms with E-state index >= 15 is 0 Å². The Morgan fingerprint density at radius 1 is 1.47 bits per heavy atom. The fourth-order valence-corrected chi connectivity index (χ4v) is 3.05. The Kier molecular flexibility index (Phi) is 4.36. The van der Waals surface area contributed by atoms with Gasteiger partial charge in [-0.05, 0) is 35.8 Å². The van der Waals surface area contributed by atoms with Gasteiger partial charge < -0.3 is 9.88 Å². The summed E-state index contributed by atoms with van der Waals surface area (Å²) in [6.45, 7) is 7.02. The lowest BCUT2D eigenvalue weighted by molar-refractivity contribution is 0.592. The molecule has 0 aliphatic carbocycles. The van der Waals surface area contributed by atoms with Crippen LogP contribution in [0.5, 0.6) is 0 Å². The summed E-state index contributed by atoms with van der Waals surface area (Å²) in [5.41, 5.74) is 2.37. The molecule has 0 aliphatic rings. The standard InChI is InChI=1S/C12H16BrN3S/c1-9-10(2)16(8-15-9)4-3-14-6-12-5-11(13)7-17-12/h5,7-8,14H,3-4,6H2,1-2H3. The van der Waals surface area contributed by atoms with Crippen LogP contribution in [0.2, 0.25) is 0 Å². The van der Waals surface area contributed by atoms with E-state index in [0.717, 1.165) is 25.3 Å². The Hall–Kier alpha value is -0.650. The van der Waals surface area contributed by atoms with Crippen LogP contribution >= 0.6 is 27.3 Å². The van der Waals surface area contributed by atoms with Gasteiger partial charge in [0.1, 0.15) is 0 Å². The van der Waals surface area contributed by atoms with E-state index in [0.29, 0.717) is 0 Å². The number of nitrogens with one attached hydrogen (secondary N) is 1. The van der Waals surface area contributed by atoms with Crippen LogP contribution in [0.15, 0.2) is 22.2 Å². The molecule has 0 bridgehead atoms. The molecule has 2 aromatic rings. The lowest BCUT2D eigenvalue weighted by atomic mass is 10.4. The van der Waals surface area contributed by atoms with Crippen LogP contribution < -0.4 is 5.32 Å². The smallest absolute Gasteiger partial charge is 0.0951 e. The molecule has 3 nitrogen and oxygen atoms in total. The van der Waals surface area contributed by atoms with Crippen LogP contribution in [-0.4, -0.2) is 16.1 Å². The summed E-state index contributed by atoms with van der Waals surface area (Å²) < 4.78 is 3.35. The number of halogens is 1. The largest absolute Gasteiger partial charge is 0.333 e. The lowest BCUT2D eigenvalue weighted by Gasteiger charge is -2.06. The second-order valence-corrected chi connectivity index (χ2v) is 5.93. The van der Waals surface area contributed by atoms with Crippen LogP contribution in [0, 0.1) is 13.8 Å². The highest BCUT2D eigenvalue weighted by atomic mass is 79.9. The predicted molar refractivity (Wildman–Crippen MR) is 75.4 cm³/mol. The molecule has 0 unspecified atom stereocenters. The highest BCUT2D eigenvalue weighted by molar-refractivity contribution is 9.10. The number of hydrogen-bond acceptors (Lipinski definition) is 3. The second kappa shape index (κ2) is 5.80. The van der Waals surface area contributed by atoms with Gasteiger partial charge in [0.25, 0.3) is 0 Å². The van der Waals surface area contributed by atoms with E-state index in [9.17, 15) is 0 Å². The van der Waals surface area contributed by atoms with Crippen LogP contribution in [0.3, 0.4) is 0 Å². The zero-order valence-electron chi connectivity index (χ0n) is 10.0. The van der Waals surface area contributed by atoms with Crippen molar-refractivity contribution in [1.29, 1.82) is 0 Å². The zero-order chi connectivity index (χ0) is 12.3. The topological polar surface area (TPSA) is 29.9 Å². The van der Waals surface area contributed by atoms with Gasteiger partial charge in [0.05, 0.1) is 12.0 Å². The normalized spacial score (nSPS) is 11.0. The van der Waals surface area contributed by atoms with Crippen molar-refractivity contribution in [2.24, 2.45) is 0 Å². The van der Waals surface area contributed by atoms with Crippen LogP contribution in [-0.2, 0) is 13.1 Å². The van der Waals surface area contributed by atoms with Crippen molar-refractivity contribution in [3.05, 3.63) is 38.5 Å². The molecule has 0 atom stereocenters. The van der Waals surface area contributed by atoms with Gasteiger partial charge in [-0.3, -0.25) is 0 Å². The first-order valence-electron chi connectivity index (χ1n) is 5.59. The number of nitrogens with zero attached hydrogens (tertiary/aromatic N) is 2. The van der Waals surface area contributed by atoms with Crippen LogP contribution in [0.4, 0.5) is 0 Å². The Morgan fingerprint density at radius 2 is 2.29 bits per heavy atom. The van der Waals surface area contributed by atoms with Crippen molar-refractivity contribution >= 4 is 27.3 Å². The molecule has 1 N–H and O–H groups in total. The highest BCUT2D eigenvalue weighted by Crippen LogP contribution is 2.19. The number of aryl methyl sites for hydroxylation is 1.